The minimum absolute atomic E-state index is 0.232. The summed E-state index contributed by atoms with van der Waals surface area (Å²) in [5.74, 6) is 0.528. The zero-order valence-electron chi connectivity index (χ0n) is 8.18. The van der Waals surface area contributed by atoms with Crippen LogP contribution in [0.1, 0.15) is 32.1 Å². The molecule has 0 bridgehead atoms. The van der Waals surface area contributed by atoms with Crippen LogP contribution in [-0.4, -0.2) is 19.0 Å². The highest BCUT2D eigenvalue weighted by Gasteiger charge is 2.57. The molecular formula is C10H18N2O. The third-order valence-electron chi connectivity index (χ3n) is 3.78. The van der Waals surface area contributed by atoms with Gasteiger partial charge in [-0.2, -0.15) is 0 Å². The van der Waals surface area contributed by atoms with E-state index in [1.165, 1.54) is 0 Å². The van der Waals surface area contributed by atoms with E-state index in [1.54, 1.807) is 7.05 Å². The number of carbonyl (C=O) groups excluding carboxylic acids is 1. The Balaban J connectivity index is 1.92. The van der Waals surface area contributed by atoms with Crippen LogP contribution in [0.15, 0.2) is 0 Å². The number of carbonyl (C=O) groups is 1. The van der Waals surface area contributed by atoms with E-state index in [1.807, 2.05) is 0 Å². The number of hydrogen-bond acceptors (Lipinski definition) is 2. The molecule has 2 fully saturated rings. The molecule has 1 amide bonds. The van der Waals surface area contributed by atoms with Gasteiger partial charge in [-0.1, -0.05) is 0 Å². The van der Waals surface area contributed by atoms with E-state index in [0.717, 1.165) is 32.1 Å². The molecule has 0 aromatic heterocycles. The molecule has 0 saturated heterocycles. The fraction of sp³-hybridized carbons (Fsp3) is 0.900. The van der Waals surface area contributed by atoms with Crippen LogP contribution in [-0.2, 0) is 4.79 Å². The van der Waals surface area contributed by atoms with Gasteiger partial charge in [0.2, 0.25) is 5.91 Å². The molecule has 1 atom stereocenters. The Bertz CT molecular complexity index is 219. The number of nitrogens with one attached hydrogen (secondary N) is 1. The lowest BCUT2D eigenvalue weighted by Gasteiger charge is -2.26. The molecule has 2 saturated carbocycles. The molecule has 3 heteroatoms. The summed E-state index contributed by atoms with van der Waals surface area (Å²) < 4.78 is 0. The topological polar surface area (TPSA) is 55.1 Å². The van der Waals surface area contributed by atoms with Crippen molar-refractivity contribution in [3.05, 3.63) is 0 Å². The summed E-state index contributed by atoms with van der Waals surface area (Å²) in [7, 11) is 1.73. The highest BCUT2D eigenvalue weighted by molar-refractivity contribution is 5.82. The maximum atomic E-state index is 11.4. The molecule has 0 aromatic carbocycles. The molecule has 3 nitrogen and oxygen atoms in total. The van der Waals surface area contributed by atoms with Crippen LogP contribution >= 0.6 is 0 Å². The predicted octanol–water partition coefficient (Wildman–Crippen LogP) is 0.640. The molecule has 2 rings (SSSR count). The van der Waals surface area contributed by atoms with E-state index in [2.05, 4.69) is 5.32 Å². The maximum absolute atomic E-state index is 11.4. The van der Waals surface area contributed by atoms with Gasteiger partial charge in [0.1, 0.15) is 0 Å². The molecule has 2 aliphatic carbocycles. The van der Waals surface area contributed by atoms with E-state index in [-0.39, 0.29) is 5.91 Å². The molecular weight excluding hydrogens is 164 g/mol. The predicted molar refractivity (Wildman–Crippen MR) is 51.1 cm³/mol. The standard InChI is InChI=1S/C10H18N2O/c1-12-9(13)8-6-10(8)4-2-7(11)3-5-10/h7-8H,2-6,11H2,1H3,(H,12,13). The Hall–Kier alpha value is -0.570. The SMILES string of the molecule is CNC(=O)C1CC12CCC(N)CC2. The second-order valence-corrected chi connectivity index (χ2v) is 4.57. The lowest BCUT2D eigenvalue weighted by Crippen LogP contribution is -2.30. The minimum Gasteiger partial charge on any atom is -0.359 e. The summed E-state index contributed by atoms with van der Waals surface area (Å²) in [4.78, 5) is 11.4. The highest BCUT2D eigenvalue weighted by Crippen LogP contribution is 2.61. The number of amides is 1. The van der Waals surface area contributed by atoms with Crippen molar-refractivity contribution >= 4 is 5.91 Å². The van der Waals surface area contributed by atoms with E-state index >= 15 is 0 Å². The first-order valence-electron chi connectivity index (χ1n) is 5.15. The molecule has 1 unspecified atom stereocenters. The van der Waals surface area contributed by atoms with Crippen LogP contribution in [0.4, 0.5) is 0 Å². The van der Waals surface area contributed by atoms with Crippen molar-refractivity contribution in [2.45, 2.75) is 38.1 Å². The third-order valence-corrected chi connectivity index (χ3v) is 3.78. The number of nitrogens with two attached hydrogens (primary N) is 1. The normalized spacial score (nSPS) is 43.2. The fourth-order valence-electron chi connectivity index (χ4n) is 2.66. The largest absolute Gasteiger partial charge is 0.359 e. The van der Waals surface area contributed by atoms with E-state index in [0.29, 0.717) is 17.4 Å². The Labute approximate surface area is 79.1 Å². The Morgan fingerprint density at radius 3 is 2.62 bits per heavy atom. The van der Waals surface area contributed by atoms with Gasteiger partial charge in [0.05, 0.1) is 0 Å². The van der Waals surface area contributed by atoms with Crippen LogP contribution in [0.2, 0.25) is 0 Å². The summed E-state index contributed by atoms with van der Waals surface area (Å²) in [6.45, 7) is 0. The van der Waals surface area contributed by atoms with Crippen molar-refractivity contribution in [1.82, 2.24) is 5.32 Å². The molecule has 3 N–H and O–H groups in total. The Morgan fingerprint density at radius 2 is 2.08 bits per heavy atom. The second-order valence-electron chi connectivity index (χ2n) is 4.57. The molecule has 74 valence electrons. The van der Waals surface area contributed by atoms with Gasteiger partial charge in [-0.05, 0) is 37.5 Å². The van der Waals surface area contributed by atoms with Crippen molar-refractivity contribution in [3.63, 3.8) is 0 Å². The highest BCUT2D eigenvalue weighted by atomic mass is 16.2. The first-order chi connectivity index (χ1) is 6.18. The lowest BCUT2D eigenvalue weighted by molar-refractivity contribution is -0.122. The van der Waals surface area contributed by atoms with Gasteiger partial charge in [-0.25, -0.2) is 0 Å². The summed E-state index contributed by atoms with van der Waals surface area (Å²) >= 11 is 0. The third kappa shape index (κ3) is 1.46. The van der Waals surface area contributed by atoms with Crippen LogP contribution in [0.5, 0.6) is 0 Å². The van der Waals surface area contributed by atoms with Crippen molar-refractivity contribution < 1.29 is 4.79 Å². The van der Waals surface area contributed by atoms with Crippen LogP contribution in [0, 0.1) is 11.3 Å². The van der Waals surface area contributed by atoms with Crippen LogP contribution < -0.4 is 11.1 Å². The van der Waals surface area contributed by atoms with E-state index in [9.17, 15) is 4.79 Å². The van der Waals surface area contributed by atoms with Gasteiger partial charge < -0.3 is 11.1 Å². The van der Waals surface area contributed by atoms with Crippen molar-refractivity contribution in [1.29, 1.82) is 0 Å². The minimum atomic E-state index is 0.232. The molecule has 0 radical (unpaired) electrons. The quantitative estimate of drug-likeness (QED) is 0.625. The van der Waals surface area contributed by atoms with Crippen LogP contribution in [0.25, 0.3) is 0 Å². The Kier molecular flexibility index (Phi) is 2.06. The zero-order chi connectivity index (χ0) is 9.47. The fourth-order valence-corrected chi connectivity index (χ4v) is 2.66. The summed E-state index contributed by atoms with van der Waals surface area (Å²) in [5.41, 5.74) is 6.19. The van der Waals surface area contributed by atoms with Gasteiger partial charge in [-0.15, -0.1) is 0 Å². The first kappa shape index (κ1) is 9.00. The number of hydrogen-bond donors (Lipinski definition) is 2. The summed E-state index contributed by atoms with van der Waals surface area (Å²) in [6.07, 6.45) is 5.62. The lowest BCUT2D eigenvalue weighted by atomic mass is 9.82. The van der Waals surface area contributed by atoms with Crippen molar-refractivity contribution in [2.75, 3.05) is 7.05 Å². The smallest absolute Gasteiger partial charge is 0.223 e. The van der Waals surface area contributed by atoms with Crippen molar-refractivity contribution in [3.8, 4) is 0 Å². The molecule has 1 spiro atoms. The molecule has 13 heavy (non-hydrogen) atoms. The number of rotatable bonds is 1. The summed E-state index contributed by atoms with van der Waals surface area (Å²) in [5, 5.41) is 2.74. The van der Waals surface area contributed by atoms with Gasteiger partial charge in [0.15, 0.2) is 0 Å². The Morgan fingerprint density at radius 1 is 1.46 bits per heavy atom. The maximum Gasteiger partial charge on any atom is 0.223 e. The first-order valence-corrected chi connectivity index (χ1v) is 5.15. The van der Waals surface area contributed by atoms with Gasteiger partial charge >= 0.3 is 0 Å². The zero-order valence-corrected chi connectivity index (χ0v) is 8.18. The molecule has 2 aliphatic rings. The van der Waals surface area contributed by atoms with Crippen molar-refractivity contribution in [2.24, 2.45) is 17.1 Å². The summed E-state index contributed by atoms with van der Waals surface area (Å²) in [6, 6.07) is 0.386. The van der Waals surface area contributed by atoms with Gasteiger partial charge in [-0.3, -0.25) is 4.79 Å². The van der Waals surface area contributed by atoms with Gasteiger partial charge in [0, 0.05) is 19.0 Å². The average Bonchev–Trinajstić information content (AvgIpc) is 2.85. The van der Waals surface area contributed by atoms with Crippen LogP contribution in [0.3, 0.4) is 0 Å². The van der Waals surface area contributed by atoms with E-state index < -0.39 is 0 Å². The molecule has 0 aliphatic heterocycles. The second kappa shape index (κ2) is 2.98. The molecule has 0 aromatic rings. The molecule has 0 heterocycles. The monoisotopic (exact) mass is 182 g/mol. The van der Waals surface area contributed by atoms with Gasteiger partial charge in [0.25, 0.3) is 0 Å². The van der Waals surface area contributed by atoms with E-state index in [4.69, 9.17) is 5.73 Å². The average molecular weight is 182 g/mol.